The summed E-state index contributed by atoms with van der Waals surface area (Å²) >= 11 is 5.94. The van der Waals surface area contributed by atoms with E-state index in [-0.39, 0.29) is 28.8 Å². The number of ether oxygens (including phenoxy) is 2. The Morgan fingerprint density at radius 2 is 2.11 bits per heavy atom. The van der Waals surface area contributed by atoms with Crippen LogP contribution in [0.5, 0.6) is 0 Å². The lowest BCUT2D eigenvalue weighted by atomic mass is 10.1. The number of nitro groups is 1. The molecule has 0 fully saturated rings. The molecule has 2 N–H and O–H groups in total. The highest BCUT2D eigenvalue weighted by Gasteiger charge is 2.34. The Bertz CT molecular complexity index is 896. The molecule has 28 heavy (non-hydrogen) atoms. The third-order valence-electron chi connectivity index (χ3n) is 3.86. The molecule has 2 aromatic rings. The third kappa shape index (κ3) is 5.06. The average Bonchev–Trinajstić information content (AvgIpc) is 2.99. The molecule has 2 rings (SSSR count). The molecule has 0 aromatic carbocycles. The van der Waals surface area contributed by atoms with Crippen LogP contribution < -0.4 is 5.73 Å². The largest absolute Gasteiger partial charge is 0.464 e. The zero-order valence-electron chi connectivity index (χ0n) is 16.1. The van der Waals surface area contributed by atoms with Gasteiger partial charge in [-0.25, -0.2) is 14.5 Å². The lowest BCUT2D eigenvalue weighted by Gasteiger charge is -2.16. The molecule has 0 amide bonds. The second-order valence-corrected chi connectivity index (χ2v) is 13.2. The van der Waals surface area contributed by atoms with E-state index in [0.29, 0.717) is 6.61 Å². The number of aromatic nitrogens is 3. The maximum Gasteiger partial charge on any atom is 0.365 e. The first-order valence-electron chi connectivity index (χ1n) is 8.38. The van der Waals surface area contributed by atoms with Crippen LogP contribution in [0.15, 0.2) is 12.3 Å². The molecular formula is C16H22ClN5O5Si. The molecule has 152 valence electrons. The molecular weight excluding hydrogens is 406 g/mol. The van der Waals surface area contributed by atoms with Crippen molar-refractivity contribution in [2.75, 3.05) is 19.5 Å². The quantitative estimate of drug-likeness (QED) is 0.169. The van der Waals surface area contributed by atoms with Crippen LogP contribution >= 0.6 is 11.6 Å². The van der Waals surface area contributed by atoms with Crippen molar-refractivity contribution in [2.24, 2.45) is 0 Å². The van der Waals surface area contributed by atoms with Crippen molar-refractivity contribution in [1.82, 2.24) is 14.8 Å². The monoisotopic (exact) mass is 427 g/mol. The zero-order chi connectivity index (χ0) is 21.1. The number of carbonyl (C=O) groups is 1. The summed E-state index contributed by atoms with van der Waals surface area (Å²) in [4.78, 5) is 26.9. The number of nitrogens with zero attached hydrogens (tertiary/aromatic N) is 4. The summed E-state index contributed by atoms with van der Waals surface area (Å²) < 4.78 is 11.5. The molecule has 0 spiro atoms. The van der Waals surface area contributed by atoms with Crippen molar-refractivity contribution in [1.29, 1.82) is 0 Å². The normalized spacial score (nSPS) is 11.5. The number of nitrogens with two attached hydrogens (primary N) is 1. The number of esters is 1. The maximum atomic E-state index is 12.0. The van der Waals surface area contributed by atoms with E-state index in [2.05, 4.69) is 34.5 Å². The first-order valence-corrected chi connectivity index (χ1v) is 12.5. The van der Waals surface area contributed by atoms with Crippen LogP contribution in [-0.4, -0.2) is 47.4 Å². The number of hydrogen-bond acceptors (Lipinski definition) is 8. The molecule has 0 bridgehead atoms. The van der Waals surface area contributed by atoms with Crippen LogP contribution in [0.25, 0.3) is 11.3 Å². The Labute approximate surface area is 167 Å². The molecule has 0 radical (unpaired) electrons. The SMILES string of the molecule is COC(=O)c1nn(COCC[Si](C)(C)C)c(-c2cc(Cl)ncc2N)c1[N+](=O)[O-]. The predicted molar refractivity (Wildman–Crippen MR) is 107 cm³/mol. The van der Waals surface area contributed by atoms with E-state index in [1.165, 1.54) is 16.9 Å². The second-order valence-electron chi connectivity index (χ2n) is 7.24. The first-order chi connectivity index (χ1) is 13.0. The molecule has 0 aliphatic rings. The van der Waals surface area contributed by atoms with E-state index in [0.717, 1.165) is 13.2 Å². The number of carbonyl (C=O) groups excluding carboxylic acids is 1. The van der Waals surface area contributed by atoms with E-state index in [9.17, 15) is 14.9 Å². The highest BCUT2D eigenvalue weighted by molar-refractivity contribution is 6.76. The molecule has 0 aliphatic carbocycles. The Morgan fingerprint density at radius 3 is 2.68 bits per heavy atom. The minimum absolute atomic E-state index is 0.000188. The average molecular weight is 428 g/mol. The van der Waals surface area contributed by atoms with Crippen LogP contribution in [0, 0.1) is 10.1 Å². The predicted octanol–water partition coefficient (Wildman–Crippen LogP) is 3.19. The first kappa shape index (κ1) is 21.8. The summed E-state index contributed by atoms with van der Waals surface area (Å²) in [5.41, 5.74) is 5.35. The Morgan fingerprint density at radius 1 is 1.43 bits per heavy atom. The van der Waals surface area contributed by atoms with Crippen molar-refractivity contribution in [3.8, 4) is 11.3 Å². The van der Waals surface area contributed by atoms with Gasteiger partial charge in [0.05, 0.1) is 23.9 Å². The molecule has 0 aliphatic heterocycles. The summed E-state index contributed by atoms with van der Waals surface area (Å²) in [6, 6.07) is 2.28. The van der Waals surface area contributed by atoms with Crippen molar-refractivity contribution < 1.29 is 19.2 Å². The number of rotatable bonds is 8. The Hall–Kier alpha value is -2.50. The van der Waals surface area contributed by atoms with Gasteiger partial charge >= 0.3 is 11.7 Å². The highest BCUT2D eigenvalue weighted by atomic mass is 35.5. The van der Waals surface area contributed by atoms with Crippen molar-refractivity contribution >= 4 is 37.0 Å². The van der Waals surface area contributed by atoms with Crippen molar-refractivity contribution in [3.05, 3.63) is 33.2 Å². The van der Waals surface area contributed by atoms with Gasteiger partial charge in [-0.1, -0.05) is 31.2 Å². The fourth-order valence-electron chi connectivity index (χ4n) is 2.39. The van der Waals surface area contributed by atoms with Gasteiger partial charge in [0.2, 0.25) is 5.69 Å². The van der Waals surface area contributed by atoms with Crippen molar-refractivity contribution in [3.63, 3.8) is 0 Å². The van der Waals surface area contributed by atoms with Gasteiger partial charge in [0.1, 0.15) is 11.9 Å². The van der Waals surface area contributed by atoms with E-state index < -0.39 is 30.3 Å². The number of nitrogen functional groups attached to an aromatic ring is 1. The fraction of sp³-hybridized carbons (Fsp3) is 0.438. The van der Waals surface area contributed by atoms with Gasteiger partial charge in [-0.2, -0.15) is 5.10 Å². The van der Waals surface area contributed by atoms with Crippen LogP contribution in [0.2, 0.25) is 30.8 Å². The van der Waals surface area contributed by atoms with Gasteiger partial charge in [0.15, 0.2) is 5.69 Å². The summed E-state index contributed by atoms with van der Waals surface area (Å²) in [5.74, 6) is -0.937. The van der Waals surface area contributed by atoms with Crippen LogP contribution in [0.3, 0.4) is 0 Å². The molecule has 10 nitrogen and oxygen atoms in total. The van der Waals surface area contributed by atoms with Crippen LogP contribution in [0.1, 0.15) is 10.5 Å². The van der Waals surface area contributed by atoms with Gasteiger partial charge in [0.25, 0.3) is 0 Å². The van der Waals surface area contributed by atoms with E-state index in [4.69, 9.17) is 22.1 Å². The van der Waals surface area contributed by atoms with Crippen LogP contribution in [-0.2, 0) is 16.2 Å². The summed E-state index contributed by atoms with van der Waals surface area (Å²) in [5, 5.41) is 15.9. The number of halogens is 1. The summed E-state index contributed by atoms with van der Waals surface area (Å²) in [6.07, 6.45) is 1.28. The fourth-order valence-corrected chi connectivity index (χ4v) is 3.31. The lowest BCUT2D eigenvalue weighted by Crippen LogP contribution is -2.22. The lowest BCUT2D eigenvalue weighted by molar-refractivity contribution is -0.384. The van der Waals surface area contributed by atoms with Gasteiger partial charge < -0.3 is 15.2 Å². The van der Waals surface area contributed by atoms with Gasteiger partial charge in [-0.05, 0) is 12.1 Å². The van der Waals surface area contributed by atoms with Crippen LogP contribution in [0.4, 0.5) is 11.4 Å². The number of anilines is 1. The molecule has 0 saturated carbocycles. The number of hydrogen-bond donors (Lipinski definition) is 1. The van der Waals surface area contributed by atoms with Crippen molar-refractivity contribution in [2.45, 2.75) is 32.4 Å². The van der Waals surface area contributed by atoms with E-state index in [1.807, 2.05) is 0 Å². The smallest absolute Gasteiger partial charge is 0.365 e. The molecule has 0 saturated heterocycles. The van der Waals surface area contributed by atoms with E-state index in [1.54, 1.807) is 0 Å². The van der Waals surface area contributed by atoms with E-state index >= 15 is 0 Å². The summed E-state index contributed by atoms with van der Waals surface area (Å²) in [6.45, 7) is 6.97. The maximum absolute atomic E-state index is 12.0. The number of methoxy groups -OCH3 is 1. The van der Waals surface area contributed by atoms with Gasteiger partial charge in [-0.15, -0.1) is 0 Å². The zero-order valence-corrected chi connectivity index (χ0v) is 17.8. The number of pyridine rings is 1. The Kier molecular flexibility index (Phi) is 6.75. The molecule has 12 heteroatoms. The highest BCUT2D eigenvalue weighted by Crippen LogP contribution is 2.37. The standard InChI is InChI=1S/C16H22ClN5O5Si/c1-26-16(23)13-15(22(24)25)14(10-7-12(17)19-8-11(10)18)21(20-13)9-27-5-6-28(2,3)4/h7-8H,5-6,9,18H2,1-4H3. The minimum Gasteiger partial charge on any atom is -0.464 e. The molecule has 0 atom stereocenters. The second kappa shape index (κ2) is 8.67. The topological polar surface area (TPSA) is 135 Å². The van der Waals surface area contributed by atoms with Gasteiger partial charge in [-0.3, -0.25) is 10.1 Å². The summed E-state index contributed by atoms with van der Waals surface area (Å²) in [7, 11) is -0.201. The molecule has 0 unspecified atom stereocenters. The molecule has 2 aromatic heterocycles. The minimum atomic E-state index is -1.32. The third-order valence-corrected chi connectivity index (χ3v) is 5.77. The Balaban J connectivity index is 2.55. The molecule has 2 heterocycles. The van der Waals surface area contributed by atoms with Gasteiger partial charge in [0, 0.05) is 20.2 Å².